The number of aryl methyl sites for hydroxylation is 3. The lowest BCUT2D eigenvalue weighted by Crippen LogP contribution is -2.54. The molecule has 0 radical (unpaired) electrons. The zero-order valence-electron chi connectivity index (χ0n) is 21.0. The number of nitrogens with one attached hydrogen (secondary N) is 1. The van der Waals surface area contributed by atoms with Crippen molar-refractivity contribution in [3.05, 3.63) is 100 Å². The number of nitrogens with zero attached hydrogens (tertiary/aromatic N) is 2. The first-order valence-electron chi connectivity index (χ1n) is 12.3. The van der Waals surface area contributed by atoms with Crippen LogP contribution in [0.25, 0.3) is 17.0 Å². The second kappa shape index (κ2) is 10.6. The van der Waals surface area contributed by atoms with Gasteiger partial charge in [0.1, 0.15) is 11.3 Å². The van der Waals surface area contributed by atoms with Gasteiger partial charge in [0, 0.05) is 34.2 Å². The van der Waals surface area contributed by atoms with Gasteiger partial charge in [-0.2, -0.15) is 0 Å². The summed E-state index contributed by atoms with van der Waals surface area (Å²) in [6, 6.07) is 19.8. The highest BCUT2D eigenvalue weighted by Crippen LogP contribution is 2.29. The van der Waals surface area contributed by atoms with Crippen LogP contribution in [0.5, 0.6) is 5.75 Å². The Hall–Kier alpha value is -4.36. The number of barbiturate groups is 1. The number of urea groups is 1. The summed E-state index contributed by atoms with van der Waals surface area (Å²) in [7, 11) is 0. The van der Waals surface area contributed by atoms with E-state index in [9.17, 15) is 14.4 Å². The highest BCUT2D eigenvalue weighted by atomic mass is 35.5. The van der Waals surface area contributed by atoms with E-state index in [-0.39, 0.29) is 11.3 Å². The number of fused-ring (bicyclic) bond motifs is 1. The number of anilines is 1. The maximum absolute atomic E-state index is 13.4. The summed E-state index contributed by atoms with van der Waals surface area (Å²) in [6.07, 6.45) is 4.21. The van der Waals surface area contributed by atoms with Gasteiger partial charge in [0.15, 0.2) is 0 Å². The quantitative estimate of drug-likeness (QED) is 0.180. The molecule has 1 aromatic heterocycles. The molecule has 0 unspecified atom stereocenters. The van der Waals surface area contributed by atoms with Crippen LogP contribution in [0.15, 0.2) is 78.5 Å². The van der Waals surface area contributed by atoms with Crippen LogP contribution in [0.2, 0.25) is 5.02 Å². The Morgan fingerprint density at radius 1 is 0.974 bits per heavy atom. The van der Waals surface area contributed by atoms with E-state index in [4.69, 9.17) is 16.3 Å². The number of carbonyl (C=O) groups excluding carboxylic acids is 3. The molecule has 1 fully saturated rings. The van der Waals surface area contributed by atoms with Crippen molar-refractivity contribution in [2.24, 2.45) is 0 Å². The topological polar surface area (TPSA) is 80.6 Å². The average molecular weight is 528 g/mol. The Kier molecular flexibility index (Phi) is 7.03. The SMILES string of the molecule is Cc1cccc(OCCCn2cc(C=C3C(=O)NC(=O)N(c4ccc(C)c(Cl)c4)C3=O)c3ccccc32)c1. The second-order valence-electron chi connectivity index (χ2n) is 9.20. The first kappa shape index (κ1) is 25.3. The molecule has 4 aromatic rings. The maximum Gasteiger partial charge on any atom is 0.335 e. The number of aromatic nitrogens is 1. The van der Waals surface area contributed by atoms with Gasteiger partial charge in [-0.3, -0.25) is 14.9 Å². The average Bonchev–Trinajstić information content (AvgIpc) is 3.24. The summed E-state index contributed by atoms with van der Waals surface area (Å²) in [5.41, 5.74) is 3.78. The van der Waals surface area contributed by atoms with E-state index in [1.54, 1.807) is 12.1 Å². The molecule has 1 aliphatic heterocycles. The van der Waals surface area contributed by atoms with Crippen LogP contribution in [0.3, 0.4) is 0 Å². The van der Waals surface area contributed by atoms with Gasteiger partial charge in [0.05, 0.1) is 12.3 Å². The first-order chi connectivity index (χ1) is 18.3. The summed E-state index contributed by atoms with van der Waals surface area (Å²) < 4.78 is 7.97. The van der Waals surface area contributed by atoms with Gasteiger partial charge in [-0.25, -0.2) is 9.69 Å². The van der Waals surface area contributed by atoms with E-state index in [1.165, 1.54) is 12.1 Å². The molecule has 192 valence electrons. The normalized spacial score (nSPS) is 14.9. The minimum atomic E-state index is -0.812. The smallest absolute Gasteiger partial charge is 0.335 e. The predicted octanol–water partition coefficient (Wildman–Crippen LogP) is 6.05. The highest BCUT2D eigenvalue weighted by molar-refractivity contribution is 6.39. The molecule has 8 heteroatoms. The van der Waals surface area contributed by atoms with Crippen LogP contribution in [-0.2, 0) is 16.1 Å². The Morgan fingerprint density at radius 2 is 1.79 bits per heavy atom. The number of halogens is 1. The van der Waals surface area contributed by atoms with Crippen LogP contribution >= 0.6 is 11.6 Å². The monoisotopic (exact) mass is 527 g/mol. The second-order valence-corrected chi connectivity index (χ2v) is 9.61. The van der Waals surface area contributed by atoms with Crippen molar-refractivity contribution in [1.82, 2.24) is 9.88 Å². The third-order valence-corrected chi connectivity index (χ3v) is 6.84. The number of hydrogen-bond donors (Lipinski definition) is 1. The summed E-state index contributed by atoms with van der Waals surface area (Å²) in [6.45, 7) is 5.08. The van der Waals surface area contributed by atoms with Crippen molar-refractivity contribution in [3.63, 3.8) is 0 Å². The number of amides is 4. The lowest BCUT2D eigenvalue weighted by atomic mass is 10.1. The lowest BCUT2D eigenvalue weighted by Gasteiger charge is -2.26. The van der Waals surface area contributed by atoms with Crippen molar-refractivity contribution in [1.29, 1.82) is 0 Å². The molecule has 0 bridgehead atoms. The number of para-hydroxylation sites is 1. The van der Waals surface area contributed by atoms with E-state index in [1.807, 2.05) is 68.6 Å². The Bertz CT molecular complexity index is 1600. The molecule has 38 heavy (non-hydrogen) atoms. The molecule has 1 aliphatic rings. The fourth-order valence-corrected chi connectivity index (χ4v) is 4.65. The Balaban J connectivity index is 1.41. The number of rotatable bonds is 7. The summed E-state index contributed by atoms with van der Waals surface area (Å²) in [4.78, 5) is 39.6. The van der Waals surface area contributed by atoms with Gasteiger partial charge in [-0.15, -0.1) is 0 Å². The molecule has 1 N–H and O–H groups in total. The van der Waals surface area contributed by atoms with Crippen LogP contribution in [-0.4, -0.2) is 29.0 Å². The Morgan fingerprint density at radius 3 is 2.58 bits per heavy atom. The first-order valence-corrected chi connectivity index (χ1v) is 12.6. The van der Waals surface area contributed by atoms with E-state index >= 15 is 0 Å². The number of ether oxygens (including phenoxy) is 1. The van der Waals surface area contributed by atoms with Gasteiger partial charge in [-0.05, 0) is 67.8 Å². The fraction of sp³-hybridized carbons (Fsp3) is 0.167. The molecule has 1 saturated heterocycles. The van der Waals surface area contributed by atoms with Crippen molar-refractivity contribution in [3.8, 4) is 5.75 Å². The van der Waals surface area contributed by atoms with Gasteiger partial charge in [0.2, 0.25) is 0 Å². The minimum absolute atomic E-state index is 0.132. The van der Waals surface area contributed by atoms with Crippen LogP contribution in [0, 0.1) is 13.8 Å². The summed E-state index contributed by atoms with van der Waals surface area (Å²) in [5, 5.41) is 3.58. The van der Waals surface area contributed by atoms with Gasteiger partial charge < -0.3 is 9.30 Å². The molecular weight excluding hydrogens is 502 g/mol. The Labute approximate surface area is 225 Å². The third kappa shape index (κ3) is 5.06. The zero-order valence-corrected chi connectivity index (χ0v) is 21.8. The molecule has 3 aromatic carbocycles. The molecule has 0 saturated carbocycles. The van der Waals surface area contributed by atoms with Crippen molar-refractivity contribution in [2.75, 3.05) is 11.5 Å². The standard InChI is InChI=1S/C30H26ClN3O4/c1-19-7-5-8-23(15-19)38-14-6-13-33-18-21(24-9-3-4-10-27(24)33)16-25-28(35)32-30(37)34(29(25)36)22-12-11-20(2)26(31)17-22/h3-5,7-12,15-18H,6,13-14H2,1-2H3,(H,32,35,37). The van der Waals surface area contributed by atoms with Crippen LogP contribution in [0.1, 0.15) is 23.1 Å². The van der Waals surface area contributed by atoms with E-state index in [0.717, 1.165) is 39.1 Å². The fourth-order valence-electron chi connectivity index (χ4n) is 4.47. The molecule has 2 heterocycles. The maximum atomic E-state index is 13.4. The molecule has 4 amide bonds. The number of carbonyl (C=O) groups is 3. The summed E-state index contributed by atoms with van der Waals surface area (Å²) in [5.74, 6) is -0.608. The predicted molar refractivity (Wildman–Crippen MR) is 148 cm³/mol. The number of benzene rings is 3. The van der Waals surface area contributed by atoms with Crippen molar-refractivity contribution in [2.45, 2.75) is 26.8 Å². The van der Waals surface area contributed by atoms with Crippen LogP contribution in [0.4, 0.5) is 10.5 Å². The van der Waals surface area contributed by atoms with Crippen molar-refractivity contribution < 1.29 is 19.1 Å². The van der Waals surface area contributed by atoms with Gasteiger partial charge in [-0.1, -0.05) is 48.0 Å². The zero-order chi connectivity index (χ0) is 26.8. The highest BCUT2D eigenvalue weighted by Gasteiger charge is 2.37. The third-order valence-electron chi connectivity index (χ3n) is 6.44. The molecule has 0 spiro atoms. The molecule has 7 nitrogen and oxygen atoms in total. The van der Waals surface area contributed by atoms with Gasteiger partial charge >= 0.3 is 6.03 Å². The largest absolute Gasteiger partial charge is 0.494 e. The van der Waals surface area contributed by atoms with E-state index in [0.29, 0.717) is 23.7 Å². The summed E-state index contributed by atoms with van der Waals surface area (Å²) >= 11 is 6.22. The lowest BCUT2D eigenvalue weighted by molar-refractivity contribution is -0.122. The minimum Gasteiger partial charge on any atom is -0.494 e. The van der Waals surface area contributed by atoms with Crippen LogP contribution < -0.4 is 15.0 Å². The number of hydrogen-bond acceptors (Lipinski definition) is 4. The molecule has 0 aliphatic carbocycles. The molecule has 0 atom stereocenters. The van der Waals surface area contributed by atoms with E-state index < -0.39 is 17.8 Å². The van der Waals surface area contributed by atoms with Crippen molar-refractivity contribution >= 4 is 52.1 Å². The molecule has 5 rings (SSSR count). The number of imide groups is 2. The molecular formula is C30H26ClN3O4. The van der Waals surface area contributed by atoms with E-state index in [2.05, 4.69) is 9.88 Å². The van der Waals surface area contributed by atoms with Gasteiger partial charge in [0.25, 0.3) is 11.8 Å².